The predicted octanol–water partition coefficient (Wildman–Crippen LogP) is 3.96. The Kier molecular flexibility index (Phi) is 4.78. The van der Waals surface area contributed by atoms with E-state index >= 15 is 0 Å². The molecule has 0 bridgehead atoms. The summed E-state index contributed by atoms with van der Waals surface area (Å²) in [6, 6.07) is 8.82. The van der Waals surface area contributed by atoms with Crippen LogP contribution in [0.5, 0.6) is 0 Å². The Balaban J connectivity index is 2.03. The van der Waals surface area contributed by atoms with E-state index in [2.05, 4.69) is 13.8 Å². The van der Waals surface area contributed by atoms with E-state index in [1.807, 2.05) is 17.0 Å². The Morgan fingerprint density at radius 2 is 1.83 bits per heavy atom. The van der Waals surface area contributed by atoms with Gasteiger partial charge in [-0.3, -0.25) is 4.79 Å². The zero-order valence-electron chi connectivity index (χ0n) is 13.9. The molecule has 0 spiro atoms. The van der Waals surface area contributed by atoms with Crippen molar-refractivity contribution in [2.45, 2.75) is 37.3 Å². The SMILES string of the molecule is CCCN(CCC)C(=O)c1cc2c(s1)-c1ccccc1S(=O)(=O)C2. The van der Waals surface area contributed by atoms with Gasteiger partial charge >= 0.3 is 0 Å². The van der Waals surface area contributed by atoms with E-state index in [-0.39, 0.29) is 11.7 Å². The highest BCUT2D eigenvalue weighted by atomic mass is 32.2. The van der Waals surface area contributed by atoms with Crippen LogP contribution in [0.25, 0.3) is 10.4 Å². The lowest BCUT2D eigenvalue weighted by atomic mass is 10.1. The second-order valence-corrected chi connectivity index (χ2v) is 9.02. The molecule has 1 aliphatic heterocycles. The van der Waals surface area contributed by atoms with Crippen LogP contribution in [0, 0.1) is 0 Å². The van der Waals surface area contributed by atoms with Crippen molar-refractivity contribution in [3.63, 3.8) is 0 Å². The Morgan fingerprint density at radius 3 is 2.50 bits per heavy atom. The predicted molar refractivity (Wildman–Crippen MR) is 97.1 cm³/mol. The number of fused-ring (bicyclic) bond motifs is 3. The maximum Gasteiger partial charge on any atom is 0.263 e. The summed E-state index contributed by atoms with van der Waals surface area (Å²) in [4.78, 5) is 16.6. The second kappa shape index (κ2) is 6.69. The summed E-state index contributed by atoms with van der Waals surface area (Å²) in [5.74, 6) is -0.0157. The van der Waals surface area contributed by atoms with Crippen LogP contribution in [-0.4, -0.2) is 32.3 Å². The van der Waals surface area contributed by atoms with Crippen molar-refractivity contribution < 1.29 is 13.2 Å². The van der Waals surface area contributed by atoms with E-state index in [4.69, 9.17) is 0 Å². The number of carbonyl (C=O) groups is 1. The normalized spacial score (nSPS) is 14.8. The molecule has 1 aromatic carbocycles. The van der Waals surface area contributed by atoms with Gasteiger partial charge in [0.05, 0.1) is 15.5 Å². The van der Waals surface area contributed by atoms with Gasteiger partial charge in [-0.2, -0.15) is 0 Å². The minimum absolute atomic E-state index is 0.00739. The topological polar surface area (TPSA) is 54.5 Å². The van der Waals surface area contributed by atoms with Gasteiger partial charge in [-0.15, -0.1) is 11.3 Å². The van der Waals surface area contributed by atoms with Crippen LogP contribution in [0.1, 0.15) is 41.9 Å². The van der Waals surface area contributed by atoms with E-state index in [0.717, 1.165) is 41.9 Å². The van der Waals surface area contributed by atoms with Crippen LogP contribution < -0.4 is 0 Å². The molecule has 24 heavy (non-hydrogen) atoms. The molecule has 1 amide bonds. The third-order valence-corrected chi connectivity index (χ3v) is 7.02. The molecular weight excluding hydrogens is 342 g/mol. The fourth-order valence-electron chi connectivity index (χ4n) is 3.09. The van der Waals surface area contributed by atoms with Gasteiger partial charge in [-0.1, -0.05) is 32.0 Å². The van der Waals surface area contributed by atoms with Gasteiger partial charge in [0, 0.05) is 23.5 Å². The highest BCUT2D eigenvalue weighted by Gasteiger charge is 2.31. The van der Waals surface area contributed by atoms with Crippen LogP contribution in [0.4, 0.5) is 0 Å². The zero-order chi connectivity index (χ0) is 17.3. The molecule has 3 rings (SSSR count). The average molecular weight is 364 g/mol. The molecule has 6 heteroatoms. The summed E-state index contributed by atoms with van der Waals surface area (Å²) in [7, 11) is -3.33. The molecule has 4 nitrogen and oxygen atoms in total. The summed E-state index contributed by atoms with van der Waals surface area (Å²) in [5.41, 5.74) is 1.47. The van der Waals surface area contributed by atoms with Crippen molar-refractivity contribution >= 4 is 27.1 Å². The van der Waals surface area contributed by atoms with Crippen LogP contribution in [0.3, 0.4) is 0 Å². The first kappa shape index (κ1) is 17.2. The lowest BCUT2D eigenvalue weighted by Gasteiger charge is -2.20. The number of thiophene rings is 1. The molecular formula is C18H21NO3S2. The number of amides is 1. The van der Waals surface area contributed by atoms with E-state index < -0.39 is 9.84 Å². The number of sulfone groups is 1. The lowest BCUT2D eigenvalue weighted by Crippen LogP contribution is -2.31. The molecule has 0 fully saturated rings. The van der Waals surface area contributed by atoms with Gasteiger partial charge in [0.25, 0.3) is 5.91 Å². The van der Waals surface area contributed by atoms with E-state index in [1.165, 1.54) is 11.3 Å². The fourth-order valence-corrected chi connectivity index (χ4v) is 6.02. The van der Waals surface area contributed by atoms with Crippen molar-refractivity contribution in [2.24, 2.45) is 0 Å². The molecule has 0 atom stereocenters. The molecule has 0 unspecified atom stereocenters. The first-order valence-corrected chi connectivity index (χ1v) is 10.7. The van der Waals surface area contributed by atoms with E-state index in [1.54, 1.807) is 18.2 Å². The maximum atomic E-state index is 12.8. The van der Waals surface area contributed by atoms with Gasteiger partial charge < -0.3 is 4.90 Å². The molecule has 0 saturated carbocycles. The van der Waals surface area contributed by atoms with Gasteiger partial charge in [0.15, 0.2) is 9.84 Å². The first-order chi connectivity index (χ1) is 11.5. The molecule has 0 N–H and O–H groups in total. The number of hydrogen-bond donors (Lipinski definition) is 0. The molecule has 0 saturated heterocycles. The fraction of sp³-hybridized carbons (Fsp3) is 0.389. The summed E-state index contributed by atoms with van der Waals surface area (Å²) in [5, 5.41) is 0. The van der Waals surface area contributed by atoms with E-state index in [0.29, 0.717) is 9.77 Å². The molecule has 2 heterocycles. The van der Waals surface area contributed by atoms with Crippen LogP contribution in [0.15, 0.2) is 35.2 Å². The van der Waals surface area contributed by atoms with Gasteiger partial charge in [-0.25, -0.2) is 8.42 Å². The quantitative estimate of drug-likeness (QED) is 0.808. The summed E-state index contributed by atoms with van der Waals surface area (Å²) >= 11 is 1.41. The summed E-state index contributed by atoms with van der Waals surface area (Å²) < 4.78 is 24.9. The number of rotatable bonds is 5. The highest BCUT2D eigenvalue weighted by Crippen LogP contribution is 2.42. The number of carbonyl (C=O) groups excluding carboxylic acids is 1. The Hall–Kier alpha value is -1.66. The van der Waals surface area contributed by atoms with Gasteiger partial charge in [0.2, 0.25) is 0 Å². The molecule has 2 aromatic rings. The Morgan fingerprint density at radius 1 is 1.17 bits per heavy atom. The molecule has 0 radical (unpaired) electrons. The van der Waals surface area contributed by atoms with Gasteiger partial charge in [0.1, 0.15) is 0 Å². The third-order valence-electron chi connectivity index (χ3n) is 4.11. The summed E-state index contributed by atoms with van der Waals surface area (Å²) in [6.07, 6.45) is 1.82. The lowest BCUT2D eigenvalue weighted by molar-refractivity contribution is 0.0760. The van der Waals surface area contributed by atoms with E-state index in [9.17, 15) is 13.2 Å². The van der Waals surface area contributed by atoms with Crippen molar-refractivity contribution in [1.82, 2.24) is 4.90 Å². The Bertz CT molecular complexity index is 862. The smallest absolute Gasteiger partial charge is 0.263 e. The number of benzene rings is 1. The van der Waals surface area contributed by atoms with Crippen molar-refractivity contribution in [3.05, 3.63) is 40.8 Å². The van der Waals surface area contributed by atoms with Crippen molar-refractivity contribution in [2.75, 3.05) is 13.1 Å². The molecule has 1 aliphatic rings. The minimum Gasteiger partial charge on any atom is -0.338 e. The Labute approximate surface area is 147 Å². The maximum absolute atomic E-state index is 12.8. The highest BCUT2D eigenvalue weighted by molar-refractivity contribution is 7.91. The largest absolute Gasteiger partial charge is 0.338 e. The zero-order valence-corrected chi connectivity index (χ0v) is 15.5. The van der Waals surface area contributed by atoms with Crippen molar-refractivity contribution in [1.29, 1.82) is 0 Å². The van der Waals surface area contributed by atoms with Crippen LogP contribution in [-0.2, 0) is 15.6 Å². The second-order valence-electron chi connectivity index (χ2n) is 6.01. The van der Waals surface area contributed by atoms with Gasteiger partial charge in [-0.05, 0) is 30.5 Å². The minimum atomic E-state index is -3.33. The molecule has 0 aliphatic carbocycles. The van der Waals surface area contributed by atoms with Crippen molar-refractivity contribution in [3.8, 4) is 10.4 Å². The van der Waals surface area contributed by atoms with Crippen LogP contribution >= 0.6 is 11.3 Å². The first-order valence-electron chi connectivity index (χ1n) is 8.22. The number of hydrogen-bond acceptors (Lipinski definition) is 4. The summed E-state index contributed by atoms with van der Waals surface area (Å²) in [6.45, 7) is 5.56. The number of nitrogens with zero attached hydrogens (tertiary/aromatic N) is 1. The third kappa shape index (κ3) is 3.00. The molecule has 1 aromatic heterocycles. The van der Waals surface area contributed by atoms with Crippen LogP contribution in [0.2, 0.25) is 0 Å². The average Bonchev–Trinajstić information content (AvgIpc) is 2.97. The monoisotopic (exact) mass is 363 g/mol. The molecule has 128 valence electrons. The standard InChI is InChI=1S/C18H21NO3S2/c1-3-9-19(10-4-2)18(20)15-11-13-12-24(21,22)16-8-6-5-7-14(16)17(13)23-15/h5-8,11H,3-4,9-10,12H2,1-2H3.